The lowest BCUT2D eigenvalue weighted by atomic mass is 10.0. The molecule has 0 radical (unpaired) electrons. The van der Waals surface area contributed by atoms with Gasteiger partial charge in [0, 0.05) is 19.6 Å². The monoisotopic (exact) mass is 248 g/mol. The van der Waals surface area contributed by atoms with E-state index in [0.29, 0.717) is 6.10 Å². The summed E-state index contributed by atoms with van der Waals surface area (Å²) in [6, 6.07) is 8.64. The Morgan fingerprint density at radius 1 is 1.33 bits per heavy atom. The minimum atomic E-state index is 0.403. The second kappa shape index (κ2) is 6.88. The fraction of sp³-hybridized carbons (Fsp3) is 0.600. The summed E-state index contributed by atoms with van der Waals surface area (Å²) in [5.41, 5.74) is 8.48. The molecule has 0 aromatic heterocycles. The zero-order valence-electron chi connectivity index (χ0n) is 11.3. The van der Waals surface area contributed by atoms with Gasteiger partial charge < -0.3 is 10.5 Å². The van der Waals surface area contributed by atoms with Crippen LogP contribution in [0.1, 0.15) is 24.5 Å². The van der Waals surface area contributed by atoms with Crippen molar-refractivity contribution in [2.45, 2.75) is 32.4 Å². The molecule has 18 heavy (non-hydrogen) atoms. The van der Waals surface area contributed by atoms with E-state index >= 15 is 0 Å². The Morgan fingerprint density at radius 3 is 2.83 bits per heavy atom. The van der Waals surface area contributed by atoms with Gasteiger partial charge >= 0.3 is 0 Å². The SMILES string of the molecule is CCC1CN(Cc2ccccc2CCN)CCO1. The van der Waals surface area contributed by atoms with Gasteiger partial charge in [0.15, 0.2) is 0 Å². The molecule has 0 aliphatic carbocycles. The Kier molecular flexibility index (Phi) is 5.17. The highest BCUT2D eigenvalue weighted by Crippen LogP contribution is 2.15. The van der Waals surface area contributed by atoms with Crippen molar-refractivity contribution in [3.05, 3.63) is 35.4 Å². The molecule has 1 heterocycles. The largest absolute Gasteiger partial charge is 0.376 e. The molecule has 1 aromatic rings. The van der Waals surface area contributed by atoms with E-state index in [1.54, 1.807) is 0 Å². The first kappa shape index (κ1) is 13.5. The molecule has 1 atom stereocenters. The van der Waals surface area contributed by atoms with E-state index in [1.807, 2.05) is 0 Å². The molecule has 3 nitrogen and oxygen atoms in total. The Labute approximate surface area is 110 Å². The number of morpholine rings is 1. The van der Waals surface area contributed by atoms with Crippen molar-refractivity contribution in [3.8, 4) is 0 Å². The van der Waals surface area contributed by atoms with Crippen LogP contribution in [0.25, 0.3) is 0 Å². The van der Waals surface area contributed by atoms with Gasteiger partial charge in [0.05, 0.1) is 12.7 Å². The van der Waals surface area contributed by atoms with Crippen molar-refractivity contribution >= 4 is 0 Å². The summed E-state index contributed by atoms with van der Waals surface area (Å²) in [6.45, 7) is 6.88. The van der Waals surface area contributed by atoms with Gasteiger partial charge in [0.25, 0.3) is 0 Å². The Balaban J connectivity index is 1.99. The molecule has 1 saturated heterocycles. The third kappa shape index (κ3) is 3.55. The number of rotatable bonds is 5. The predicted octanol–water partition coefficient (Wildman–Crippen LogP) is 1.80. The summed E-state index contributed by atoms with van der Waals surface area (Å²) in [5, 5.41) is 0. The van der Waals surface area contributed by atoms with Crippen LogP contribution >= 0.6 is 0 Å². The Bertz CT molecular complexity index is 367. The van der Waals surface area contributed by atoms with Crippen molar-refractivity contribution in [2.75, 3.05) is 26.2 Å². The van der Waals surface area contributed by atoms with E-state index in [0.717, 1.165) is 45.6 Å². The van der Waals surface area contributed by atoms with Crippen LogP contribution in [0.2, 0.25) is 0 Å². The first-order valence-corrected chi connectivity index (χ1v) is 6.94. The molecule has 1 unspecified atom stereocenters. The van der Waals surface area contributed by atoms with E-state index in [1.165, 1.54) is 11.1 Å². The van der Waals surface area contributed by atoms with Crippen LogP contribution in [0.4, 0.5) is 0 Å². The summed E-state index contributed by atoms with van der Waals surface area (Å²) in [5.74, 6) is 0. The molecule has 100 valence electrons. The van der Waals surface area contributed by atoms with Gasteiger partial charge in [-0.1, -0.05) is 31.2 Å². The van der Waals surface area contributed by atoms with Crippen molar-refractivity contribution in [1.82, 2.24) is 4.90 Å². The summed E-state index contributed by atoms with van der Waals surface area (Å²) >= 11 is 0. The molecule has 0 bridgehead atoms. The lowest BCUT2D eigenvalue weighted by molar-refractivity contribution is -0.0325. The van der Waals surface area contributed by atoms with E-state index in [9.17, 15) is 0 Å². The van der Waals surface area contributed by atoms with Gasteiger partial charge in [-0.3, -0.25) is 4.90 Å². The van der Waals surface area contributed by atoms with Crippen LogP contribution in [-0.2, 0) is 17.7 Å². The summed E-state index contributed by atoms with van der Waals surface area (Å²) in [7, 11) is 0. The van der Waals surface area contributed by atoms with Gasteiger partial charge in [-0.15, -0.1) is 0 Å². The minimum Gasteiger partial charge on any atom is -0.376 e. The van der Waals surface area contributed by atoms with Crippen LogP contribution in [0.3, 0.4) is 0 Å². The van der Waals surface area contributed by atoms with Crippen LogP contribution in [-0.4, -0.2) is 37.2 Å². The molecule has 0 spiro atoms. The van der Waals surface area contributed by atoms with Gasteiger partial charge in [0.1, 0.15) is 0 Å². The lowest BCUT2D eigenvalue weighted by Crippen LogP contribution is -2.41. The summed E-state index contributed by atoms with van der Waals surface area (Å²) < 4.78 is 5.71. The molecule has 2 N–H and O–H groups in total. The number of benzene rings is 1. The zero-order chi connectivity index (χ0) is 12.8. The summed E-state index contributed by atoms with van der Waals surface area (Å²) in [4.78, 5) is 2.49. The topological polar surface area (TPSA) is 38.5 Å². The highest BCUT2D eigenvalue weighted by molar-refractivity contribution is 5.27. The molecule has 1 aliphatic heterocycles. The normalized spacial score (nSPS) is 21.1. The van der Waals surface area contributed by atoms with E-state index in [4.69, 9.17) is 10.5 Å². The van der Waals surface area contributed by atoms with Crippen molar-refractivity contribution in [1.29, 1.82) is 0 Å². The first-order valence-electron chi connectivity index (χ1n) is 6.94. The second-order valence-corrected chi connectivity index (χ2v) is 4.94. The standard InChI is InChI=1S/C15H24N2O/c1-2-15-12-17(9-10-18-15)11-14-6-4-3-5-13(14)7-8-16/h3-6,15H,2,7-12,16H2,1H3. The zero-order valence-corrected chi connectivity index (χ0v) is 11.3. The summed E-state index contributed by atoms with van der Waals surface area (Å²) in [6.07, 6.45) is 2.47. The lowest BCUT2D eigenvalue weighted by Gasteiger charge is -2.32. The molecule has 3 heteroatoms. The fourth-order valence-electron chi connectivity index (χ4n) is 2.52. The van der Waals surface area contributed by atoms with Crippen LogP contribution in [0, 0.1) is 0 Å². The Morgan fingerprint density at radius 2 is 2.11 bits per heavy atom. The minimum absolute atomic E-state index is 0.403. The first-order chi connectivity index (χ1) is 8.83. The third-order valence-electron chi connectivity index (χ3n) is 3.60. The average Bonchev–Trinajstić information content (AvgIpc) is 2.41. The Hall–Kier alpha value is -0.900. The maximum atomic E-state index is 5.71. The van der Waals surface area contributed by atoms with Crippen molar-refractivity contribution in [2.24, 2.45) is 5.73 Å². The predicted molar refractivity (Wildman–Crippen MR) is 74.5 cm³/mol. The van der Waals surface area contributed by atoms with Gasteiger partial charge in [-0.2, -0.15) is 0 Å². The van der Waals surface area contributed by atoms with Gasteiger partial charge in [-0.05, 0) is 30.5 Å². The highest BCUT2D eigenvalue weighted by Gasteiger charge is 2.19. The molecule has 0 amide bonds. The third-order valence-corrected chi connectivity index (χ3v) is 3.60. The smallest absolute Gasteiger partial charge is 0.0700 e. The number of ether oxygens (including phenoxy) is 1. The molecular weight excluding hydrogens is 224 g/mol. The molecule has 2 rings (SSSR count). The van der Waals surface area contributed by atoms with Crippen LogP contribution < -0.4 is 5.73 Å². The maximum absolute atomic E-state index is 5.71. The van der Waals surface area contributed by atoms with Crippen molar-refractivity contribution in [3.63, 3.8) is 0 Å². The highest BCUT2D eigenvalue weighted by atomic mass is 16.5. The van der Waals surface area contributed by atoms with Crippen LogP contribution in [0.5, 0.6) is 0 Å². The average molecular weight is 248 g/mol. The number of hydrogen-bond acceptors (Lipinski definition) is 3. The second-order valence-electron chi connectivity index (χ2n) is 4.94. The fourth-order valence-corrected chi connectivity index (χ4v) is 2.52. The van der Waals surface area contributed by atoms with Crippen molar-refractivity contribution < 1.29 is 4.74 Å². The molecule has 0 saturated carbocycles. The number of nitrogens with two attached hydrogens (primary N) is 1. The molecule has 1 fully saturated rings. The quantitative estimate of drug-likeness (QED) is 0.863. The van der Waals surface area contributed by atoms with E-state index in [-0.39, 0.29) is 0 Å². The van der Waals surface area contributed by atoms with Gasteiger partial charge in [-0.25, -0.2) is 0 Å². The molecular formula is C15H24N2O. The molecule has 1 aliphatic rings. The molecule has 1 aromatic carbocycles. The number of hydrogen-bond donors (Lipinski definition) is 1. The van der Waals surface area contributed by atoms with Crippen LogP contribution in [0.15, 0.2) is 24.3 Å². The van der Waals surface area contributed by atoms with Gasteiger partial charge in [0.2, 0.25) is 0 Å². The maximum Gasteiger partial charge on any atom is 0.0700 e. The van der Waals surface area contributed by atoms with E-state index < -0.39 is 0 Å². The number of nitrogens with zero attached hydrogens (tertiary/aromatic N) is 1. The van der Waals surface area contributed by atoms with E-state index in [2.05, 4.69) is 36.1 Å².